The Hall–Kier alpha value is -1.73. The Balaban J connectivity index is 0.00000364. The molecular weight excluding hydrogens is 376 g/mol. The summed E-state index contributed by atoms with van der Waals surface area (Å²) < 4.78 is 26.7. The van der Waals surface area contributed by atoms with Gasteiger partial charge < -0.3 is 16.0 Å². The van der Waals surface area contributed by atoms with Crippen LogP contribution in [0.25, 0.3) is 0 Å². The highest BCUT2D eigenvalue weighted by Crippen LogP contribution is 2.27. The van der Waals surface area contributed by atoms with E-state index in [1.54, 1.807) is 6.07 Å². The summed E-state index contributed by atoms with van der Waals surface area (Å²) in [4.78, 5) is 23.8. The van der Waals surface area contributed by atoms with Gasteiger partial charge in [0.1, 0.15) is 0 Å². The monoisotopic (exact) mass is 403 g/mol. The van der Waals surface area contributed by atoms with Crippen LogP contribution < -0.4 is 16.0 Å². The third-order valence-corrected chi connectivity index (χ3v) is 4.46. The molecule has 1 aromatic rings. The minimum atomic E-state index is -0.873. The van der Waals surface area contributed by atoms with Gasteiger partial charge in [-0.2, -0.15) is 0 Å². The summed E-state index contributed by atoms with van der Waals surface area (Å²) in [6, 6.07) is 3.80. The Morgan fingerprint density at radius 1 is 1.19 bits per heavy atom. The predicted octanol–water partition coefficient (Wildman–Crippen LogP) is 2.64. The van der Waals surface area contributed by atoms with E-state index in [-0.39, 0.29) is 48.6 Å². The number of piperidine rings is 1. The van der Waals surface area contributed by atoms with Crippen molar-refractivity contribution in [2.24, 2.45) is 0 Å². The first kappa shape index (κ1) is 23.3. The van der Waals surface area contributed by atoms with E-state index in [0.29, 0.717) is 24.9 Å². The first-order valence-corrected chi connectivity index (χ1v) is 9.11. The second-order valence-electron chi connectivity index (χ2n) is 7.02. The minimum Gasteiger partial charge on any atom is -0.354 e. The lowest BCUT2D eigenvalue weighted by Gasteiger charge is -2.33. The molecule has 1 aliphatic rings. The van der Waals surface area contributed by atoms with Crippen LogP contribution in [0.3, 0.4) is 0 Å². The van der Waals surface area contributed by atoms with Crippen molar-refractivity contribution >= 4 is 24.2 Å². The van der Waals surface area contributed by atoms with E-state index in [1.807, 2.05) is 13.8 Å². The fourth-order valence-corrected chi connectivity index (χ4v) is 3.23. The average molecular weight is 404 g/mol. The largest absolute Gasteiger partial charge is 0.354 e. The average Bonchev–Trinajstić information content (AvgIpc) is 2.57. The van der Waals surface area contributed by atoms with Gasteiger partial charge in [-0.3, -0.25) is 9.59 Å². The van der Waals surface area contributed by atoms with Gasteiger partial charge in [-0.15, -0.1) is 12.4 Å². The van der Waals surface area contributed by atoms with Gasteiger partial charge in [-0.1, -0.05) is 6.07 Å². The molecule has 2 unspecified atom stereocenters. The molecule has 2 atom stereocenters. The third kappa shape index (κ3) is 7.42. The van der Waals surface area contributed by atoms with Crippen LogP contribution in [0.15, 0.2) is 18.2 Å². The third-order valence-electron chi connectivity index (χ3n) is 4.46. The maximum atomic E-state index is 13.5. The normalized spacial score (nSPS) is 19.3. The molecule has 0 bridgehead atoms. The molecule has 2 amide bonds. The minimum absolute atomic E-state index is 0. The van der Waals surface area contributed by atoms with Crippen molar-refractivity contribution in [3.63, 3.8) is 0 Å². The standard InChI is InChI=1S/C19H27F2N3O2.ClH/c1-12(2)23-18(25)4-3-5-19(26)24-17-11-22-9-8-14(17)13-6-7-15(20)16(21)10-13;/h6-7,10,12,14,17,22H,3-5,8-9,11H2,1-2H3,(H,23,25)(H,24,26);1H. The van der Waals surface area contributed by atoms with Crippen LogP contribution in [0.5, 0.6) is 0 Å². The Kier molecular flexibility index (Phi) is 9.66. The zero-order valence-electron chi connectivity index (χ0n) is 15.7. The van der Waals surface area contributed by atoms with E-state index in [2.05, 4.69) is 16.0 Å². The van der Waals surface area contributed by atoms with E-state index < -0.39 is 11.6 Å². The first-order chi connectivity index (χ1) is 12.4. The number of rotatable bonds is 7. The molecule has 1 fully saturated rings. The molecule has 152 valence electrons. The van der Waals surface area contributed by atoms with Gasteiger partial charge in [-0.05, 0) is 50.9 Å². The Bertz CT molecular complexity index is 643. The van der Waals surface area contributed by atoms with Crippen molar-refractivity contribution in [1.82, 2.24) is 16.0 Å². The molecule has 2 rings (SSSR count). The lowest BCUT2D eigenvalue weighted by atomic mass is 9.86. The second-order valence-corrected chi connectivity index (χ2v) is 7.02. The molecule has 3 N–H and O–H groups in total. The fraction of sp³-hybridized carbons (Fsp3) is 0.579. The van der Waals surface area contributed by atoms with Gasteiger partial charge >= 0.3 is 0 Å². The maximum absolute atomic E-state index is 13.5. The topological polar surface area (TPSA) is 70.2 Å². The molecule has 1 aliphatic heterocycles. The van der Waals surface area contributed by atoms with Crippen molar-refractivity contribution in [1.29, 1.82) is 0 Å². The number of hydrogen-bond acceptors (Lipinski definition) is 3. The molecule has 8 heteroatoms. The van der Waals surface area contributed by atoms with Gasteiger partial charge in [0.05, 0.1) is 0 Å². The van der Waals surface area contributed by atoms with Gasteiger partial charge in [0.15, 0.2) is 11.6 Å². The highest BCUT2D eigenvalue weighted by molar-refractivity contribution is 5.85. The summed E-state index contributed by atoms with van der Waals surface area (Å²) in [6.45, 7) is 5.10. The SMILES string of the molecule is CC(C)NC(=O)CCCC(=O)NC1CNCCC1c1ccc(F)c(F)c1.Cl. The van der Waals surface area contributed by atoms with E-state index in [1.165, 1.54) is 6.07 Å². The summed E-state index contributed by atoms with van der Waals surface area (Å²) in [6.07, 6.45) is 1.76. The van der Waals surface area contributed by atoms with Gasteiger partial charge in [0, 0.05) is 37.4 Å². The molecule has 27 heavy (non-hydrogen) atoms. The Morgan fingerprint density at radius 2 is 1.89 bits per heavy atom. The molecule has 1 aromatic carbocycles. The van der Waals surface area contributed by atoms with E-state index >= 15 is 0 Å². The van der Waals surface area contributed by atoms with Crippen LogP contribution in [0.1, 0.15) is 51.0 Å². The highest BCUT2D eigenvalue weighted by atomic mass is 35.5. The van der Waals surface area contributed by atoms with E-state index in [9.17, 15) is 18.4 Å². The molecule has 0 radical (unpaired) electrons. The van der Waals surface area contributed by atoms with E-state index in [0.717, 1.165) is 19.0 Å². The van der Waals surface area contributed by atoms with Crippen molar-refractivity contribution < 1.29 is 18.4 Å². The summed E-state index contributed by atoms with van der Waals surface area (Å²) in [5.41, 5.74) is 0.687. The highest BCUT2D eigenvalue weighted by Gasteiger charge is 2.28. The number of halogens is 3. The van der Waals surface area contributed by atoms with Crippen LogP contribution in [-0.2, 0) is 9.59 Å². The van der Waals surface area contributed by atoms with Gasteiger partial charge in [0.2, 0.25) is 11.8 Å². The number of benzene rings is 1. The molecule has 5 nitrogen and oxygen atoms in total. The Morgan fingerprint density at radius 3 is 2.56 bits per heavy atom. The van der Waals surface area contributed by atoms with Crippen LogP contribution in [0.2, 0.25) is 0 Å². The van der Waals surface area contributed by atoms with Crippen LogP contribution in [0, 0.1) is 11.6 Å². The molecule has 0 aliphatic carbocycles. The molecule has 0 spiro atoms. The number of nitrogens with one attached hydrogen (secondary N) is 3. The zero-order chi connectivity index (χ0) is 19.1. The molecule has 1 saturated heterocycles. The summed E-state index contributed by atoms with van der Waals surface area (Å²) in [5, 5.41) is 8.97. The van der Waals surface area contributed by atoms with Gasteiger partial charge in [-0.25, -0.2) is 8.78 Å². The Labute approximate surface area is 165 Å². The van der Waals surface area contributed by atoms with Crippen molar-refractivity contribution in [2.45, 2.75) is 57.5 Å². The zero-order valence-corrected chi connectivity index (χ0v) is 16.5. The molecule has 0 saturated carbocycles. The number of carbonyl (C=O) groups excluding carboxylic acids is 2. The van der Waals surface area contributed by atoms with Crippen LogP contribution >= 0.6 is 12.4 Å². The number of hydrogen-bond donors (Lipinski definition) is 3. The number of amides is 2. The van der Waals surface area contributed by atoms with E-state index in [4.69, 9.17) is 0 Å². The summed E-state index contributed by atoms with van der Waals surface area (Å²) in [5.74, 6) is -2.01. The smallest absolute Gasteiger partial charge is 0.220 e. The lowest BCUT2D eigenvalue weighted by molar-refractivity contribution is -0.123. The van der Waals surface area contributed by atoms with Crippen molar-refractivity contribution in [3.8, 4) is 0 Å². The fourth-order valence-electron chi connectivity index (χ4n) is 3.23. The number of carbonyl (C=O) groups is 2. The van der Waals surface area contributed by atoms with Crippen molar-refractivity contribution in [2.75, 3.05) is 13.1 Å². The molecular formula is C19H28ClF2N3O2. The first-order valence-electron chi connectivity index (χ1n) is 9.11. The summed E-state index contributed by atoms with van der Waals surface area (Å²) in [7, 11) is 0. The lowest BCUT2D eigenvalue weighted by Crippen LogP contribution is -2.50. The summed E-state index contributed by atoms with van der Waals surface area (Å²) >= 11 is 0. The van der Waals surface area contributed by atoms with Gasteiger partial charge in [0.25, 0.3) is 0 Å². The van der Waals surface area contributed by atoms with Crippen LogP contribution in [-0.4, -0.2) is 37.0 Å². The second kappa shape index (κ2) is 11.2. The molecule has 0 aromatic heterocycles. The maximum Gasteiger partial charge on any atom is 0.220 e. The van der Waals surface area contributed by atoms with Crippen molar-refractivity contribution in [3.05, 3.63) is 35.4 Å². The predicted molar refractivity (Wildman–Crippen MR) is 103 cm³/mol. The molecule has 1 heterocycles. The quantitative estimate of drug-likeness (QED) is 0.655. The van der Waals surface area contributed by atoms with Crippen LogP contribution in [0.4, 0.5) is 8.78 Å².